The van der Waals surface area contributed by atoms with Gasteiger partial charge in [0.2, 0.25) is 5.91 Å². The minimum Gasteiger partial charge on any atom is -0.347 e. The molecule has 5 nitrogen and oxygen atoms in total. The first kappa shape index (κ1) is 18.5. The molecule has 0 saturated heterocycles. The number of carbonyl (C=O) groups excluding carboxylic acids is 1. The zero-order chi connectivity index (χ0) is 18.2. The van der Waals surface area contributed by atoms with Gasteiger partial charge in [0.15, 0.2) is 0 Å². The summed E-state index contributed by atoms with van der Waals surface area (Å²) in [4.78, 5) is 16.4. The average Bonchev–Trinajstić information content (AvgIpc) is 3.15. The van der Waals surface area contributed by atoms with Gasteiger partial charge in [-0.2, -0.15) is 5.10 Å². The highest BCUT2D eigenvalue weighted by atomic mass is 35.5. The number of amides is 1. The van der Waals surface area contributed by atoms with Gasteiger partial charge in [-0.25, -0.2) is 4.98 Å². The summed E-state index contributed by atoms with van der Waals surface area (Å²) in [6.07, 6.45) is 3.14. The van der Waals surface area contributed by atoms with E-state index in [1.54, 1.807) is 22.8 Å². The fourth-order valence-electron chi connectivity index (χ4n) is 2.56. The number of benzene rings is 2. The van der Waals surface area contributed by atoms with Crippen molar-refractivity contribution in [3.8, 4) is 0 Å². The van der Waals surface area contributed by atoms with E-state index in [0.717, 1.165) is 16.9 Å². The van der Waals surface area contributed by atoms with Crippen molar-refractivity contribution in [1.29, 1.82) is 0 Å². The summed E-state index contributed by atoms with van der Waals surface area (Å²) in [5.74, 6) is 1.12. The highest BCUT2D eigenvalue weighted by Crippen LogP contribution is 2.18. The van der Waals surface area contributed by atoms with Crippen molar-refractivity contribution < 1.29 is 4.79 Å². The highest BCUT2D eigenvalue weighted by Gasteiger charge is 2.15. The summed E-state index contributed by atoms with van der Waals surface area (Å²) in [5, 5.41) is 7.94. The number of carbonyl (C=O) groups is 1. The van der Waals surface area contributed by atoms with Crippen LogP contribution in [-0.4, -0.2) is 26.4 Å². The molecule has 3 aromatic rings. The Labute approximate surface area is 161 Å². The Morgan fingerprint density at radius 3 is 2.77 bits per heavy atom. The van der Waals surface area contributed by atoms with Crippen LogP contribution in [0.15, 0.2) is 67.3 Å². The Morgan fingerprint density at radius 2 is 2.04 bits per heavy atom. The molecule has 1 unspecified atom stereocenters. The van der Waals surface area contributed by atoms with E-state index in [0.29, 0.717) is 17.3 Å². The maximum absolute atomic E-state index is 12.4. The number of nitrogens with one attached hydrogen (secondary N) is 1. The lowest BCUT2D eigenvalue weighted by molar-refractivity contribution is -0.119. The fraction of sp³-hybridized carbons (Fsp3) is 0.211. The van der Waals surface area contributed by atoms with E-state index in [9.17, 15) is 4.79 Å². The van der Waals surface area contributed by atoms with Gasteiger partial charge in [-0.1, -0.05) is 54.1 Å². The minimum absolute atomic E-state index is 0.00834. The number of hydrogen-bond acceptors (Lipinski definition) is 4. The van der Waals surface area contributed by atoms with Crippen LogP contribution in [0.25, 0.3) is 0 Å². The molecule has 0 aliphatic carbocycles. The molecule has 26 heavy (non-hydrogen) atoms. The molecule has 1 atom stereocenters. The maximum Gasteiger partial charge on any atom is 0.230 e. The molecule has 134 valence electrons. The molecule has 0 bridgehead atoms. The van der Waals surface area contributed by atoms with Crippen molar-refractivity contribution in [2.24, 2.45) is 0 Å². The van der Waals surface area contributed by atoms with E-state index >= 15 is 0 Å². The number of rotatable bonds is 8. The number of aromatic nitrogens is 3. The molecule has 3 rings (SSSR count). The van der Waals surface area contributed by atoms with E-state index < -0.39 is 0 Å². The first-order chi connectivity index (χ1) is 12.7. The summed E-state index contributed by atoms with van der Waals surface area (Å²) in [7, 11) is 0. The maximum atomic E-state index is 12.4. The highest BCUT2D eigenvalue weighted by molar-refractivity contribution is 7.99. The van der Waals surface area contributed by atoms with Crippen molar-refractivity contribution >= 4 is 29.3 Å². The molecule has 2 aromatic carbocycles. The Morgan fingerprint density at radius 1 is 1.19 bits per heavy atom. The van der Waals surface area contributed by atoms with Gasteiger partial charge in [-0.3, -0.25) is 9.48 Å². The molecule has 7 heteroatoms. The van der Waals surface area contributed by atoms with Crippen molar-refractivity contribution in [3.63, 3.8) is 0 Å². The third-order valence-electron chi connectivity index (χ3n) is 3.76. The van der Waals surface area contributed by atoms with E-state index in [-0.39, 0.29) is 11.9 Å². The molecule has 0 spiro atoms. The number of halogens is 1. The van der Waals surface area contributed by atoms with Gasteiger partial charge in [0.1, 0.15) is 12.7 Å². The van der Waals surface area contributed by atoms with E-state index in [1.165, 1.54) is 6.33 Å². The standard InChI is InChI=1S/C19H19ClN4OS/c20-17-8-4-5-15(9-17)11-26-12-19(25)23-18(10-24-14-21-13-22-24)16-6-2-1-3-7-16/h1-9,13-14,18H,10-12H2,(H,23,25). The van der Waals surface area contributed by atoms with Crippen LogP contribution >= 0.6 is 23.4 Å². The van der Waals surface area contributed by atoms with Crippen LogP contribution in [-0.2, 0) is 17.1 Å². The van der Waals surface area contributed by atoms with Gasteiger partial charge >= 0.3 is 0 Å². The average molecular weight is 387 g/mol. The minimum atomic E-state index is -0.155. The molecule has 1 heterocycles. The molecular weight excluding hydrogens is 368 g/mol. The summed E-state index contributed by atoms with van der Waals surface area (Å²) in [6, 6.07) is 17.4. The van der Waals surface area contributed by atoms with Crippen LogP contribution in [0.3, 0.4) is 0 Å². The van der Waals surface area contributed by atoms with Crippen LogP contribution < -0.4 is 5.32 Å². The van der Waals surface area contributed by atoms with Gasteiger partial charge in [-0.15, -0.1) is 11.8 Å². The molecule has 0 aliphatic heterocycles. The second-order valence-corrected chi connectivity index (χ2v) is 7.19. The van der Waals surface area contributed by atoms with Gasteiger partial charge in [-0.05, 0) is 23.3 Å². The summed E-state index contributed by atoms with van der Waals surface area (Å²) in [5.41, 5.74) is 2.15. The van der Waals surface area contributed by atoms with Crippen LogP contribution in [0, 0.1) is 0 Å². The van der Waals surface area contributed by atoms with Gasteiger partial charge in [0.05, 0.1) is 18.3 Å². The first-order valence-corrected chi connectivity index (χ1v) is 9.73. The Hall–Kier alpha value is -2.31. The van der Waals surface area contributed by atoms with Crippen LogP contribution in [0.1, 0.15) is 17.2 Å². The Bertz CT molecular complexity index is 827. The van der Waals surface area contributed by atoms with E-state index in [2.05, 4.69) is 15.4 Å². The SMILES string of the molecule is O=C(CSCc1cccc(Cl)c1)NC(Cn1cncn1)c1ccccc1. The topological polar surface area (TPSA) is 59.8 Å². The zero-order valence-corrected chi connectivity index (χ0v) is 15.7. The smallest absolute Gasteiger partial charge is 0.230 e. The zero-order valence-electron chi connectivity index (χ0n) is 14.1. The van der Waals surface area contributed by atoms with Gasteiger partial charge < -0.3 is 5.32 Å². The summed E-state index contributed by atoms with van der Waals surface area (Å²) >= 11 is 7.55. The second kappa shape index (κ2) is 9.40. The molecular formula is C19H19ClN4OS. The lowest BCUT2D eigenvalue weighted by Crippen LogP contribution is -2.32. The van der Waals surface area contributed by atoms with Crippen LogP contribution in [0.5, 0.6) is 0 Å². The lowest BCUT2D eigenvalue weighted by atomic mass is 10.1. The predicted molar refractivity (Wildman–Crippen MR) is 105 cm³/mol. The first-order valence-electron chi connectivity index (χ1n) is 8.19. The van der Waals surface area contributed by atoms with Crippen molar-refractivity contribution in [2.45, 2.75) is 18.3 Å². The molecule has 0 radical (unpaired) electrons. The molecule has 0 fully saturated rings. The Kier molecular flexibility index (Phi) is 6.68. The second-order valence-electron chi connectivity index (χ2n) is 5.77. The van der Waals surface area contributed by atoms with E-state index in [1.807, 2.05) is 54.6 Å². The molecule has 1 N–H and O–H groups in total. The normalized spacial score (nSPS) is 11.9. The molecule has 0 saturated carbocycles. The Balaban J connectivity index is 1.56. The van der Waals surface area contributed by atoms with Crippen molar-refractivity contribution in [3.05, 3.63) is 83.4 Å². The molecule has 1 amide bonds. The quantitative estimate of drug-likeness (QED) is 0.641. The molecule has 1 aromatic heterocycles. The number of thioether (sulfide) groups is 1. The summed E-state index contributed by atoms with van der Waals surface area (Å²) < 4.78 is 1.72. The van der Waals surface area contributed by atoms with Crippen molar-refractivity contribution in [2.75, 3.05) is 5.75 Å². The van der Waals surface area contributed by atoms with Crippen LogP contribution in [0.2, 0.25) is 5.02 Å². The number of nitrogens with zero attached hydrogens (tertiary/aromatic N) is 3. The third-order valence-corrected chi connectivity index (χ3v) is 5.00. The third kappa shape index (κ3) is 5.61. The number of hydrogen-bond donors (Lipinski definition) is 1. The monoisotopic (exact) mass is 386 g/mol. The lowest BCUT2D eigenvalue weighted by Gasteiger charge is -2.19. The van der Waals surface area contributed by atoms with Gasteiger partial charge in [0.25, 0.3) is 0 Å². The van der Waals surface area contributed by atoms with Crippen LogP contribution in [0.4, 0.5) is 0 Å². The predicted octanol–water partition coefficient (Wildman–Crippen LogP) is 3.72. The fourth-order valence-corrected chi connectivity index (χ4v) is 3.56. The largest absolute Gasteiger partial charge is 0.347 e. The van der Waals surface area contributed by atoms with E-state index in [4.69, 9.17) is 11.6 Å². The molecule has 0 aliphatic rings. The van der Waals surface area contributed by atoms with Gasteiger partial charge in [0, 0.05) is 10.8 Å². The summed E-state index contributed by atoms with van der Waals surface area (Å²) in [6.45, 7) is 0.536. The van der Waals surface area contributed by atoms with Crippen molar-refractivity contribution in [1.82, 2.24) is 20.1 Å².